The molecule has 6 heteroatoms. The Labute approximate surface area is 137 Å². The molecule has 0 aromatic heterocycles. The fraction of sp³-hybridized carbons (Fsp3) is 0.250. The molecule has 2 atom stereocenters. The molecule has 110 valence electrons. The van der Waals surface area contributed by atoms with E-state index in [1.807, 2.05) is 36.5 Å². The molecule has 0 saturated heterocycles. The van der Waals surface area contributed by atoms with Crippen LogP contribution in [-0.2, 0) is 0 Å². The first-order valence-electron chi connectivity index (χ1n) is 7.17. The molecule has 0 fully saturated rings. The average Bonchev–Trinajstić information content (AvgIpc) is 3.14. The molecular weight excluding hydrogens is 312 g/mol. The van der Waals surface area contributed by atoms with E-state index in [4.69, 9.17) is 0 Å². The minimum absolute atomic E-state index is 0.132. The van der Waals surface area contributed by atoms with Gasteiger partial charge in [-0.3, -0.25) is 0 Å². The summed E-state index contributed by atoms with van der Waals surface area (Å²) in [5.74, 6) is 1.92. The summed E-state index contributed by atoms with van der Waals surface area (Å²) in [6.07, 6.45) is 16.3. The van der Waals surface area contributed by atoms with E-state index < -0.39 is 0 Å². The van der Waals surface area contributed by atoms with E-state index in [-0.39, 0.29) is 12.1 Å². The second-order valence-electron chi connectivity index (χ2n) is 4.97. The lowest BCUT2D eigenvalue weighted by Crippen LogP contribution is -2.11. The van der Waals surface area contributed by atoms with Crippen LogP contribution in [0.15, 0.2) is 68.6 Å². The number of nitrogens with zero attached hydrogens (tertiary/aromatic N) is 4. The number of allylic oxidation sites excluding steroid dienone is 4. The molecular formula is C16H14N4S2. The Balaban J connectivity index is 1.26. The minimum atomic E-state index is 0.132. The van der Waals surface area contributed by atoms with Gasteiger partial charge in [0.05, 0.1) is 11.4 Å². The van der Waals surface area contributed by atoms with Crippen LogP contribution in [-0.4, -0.2) is 45.3 Å². The van der Waals surface area contributed by atoms with Gasteiger partial charge in [0.15, 0.2) is 10.3 Å². The largest absolute Gasteiger partial charge is 0.247 e. The molecule has 0 bridgehead atoms. The fourth-order valence-corrected chi connectivity index (χ4v) is 4.14. The van der Waals surface area contributed by atoms with Crippen LogP contribution in [0.1, 0.15) is 0 Å². The van der Waals surface area contributed by atoms with E-state index in [2.05, 4.69) is 32.1 Å². The molecule has 0 N–H and O–H groups in total. The molecule has 0 spiro atoms. The van der Waals surface area contributed by atoms with Crippen LogP contribution in [0, 0.1) is 0 Å². The Kier molecular flexibility index (Phi) is 3.95. The predicted octanol–water partition coefficient (Wildman–Crippen LogP) is 3.06. The van der Waals surface area contributed by atoms with Crippen LogP contribution in [0.4, 0.5) is 0 Å². The second-order valence-corrected chi connectivity index (χ2v) is 7.10. The molecule has 0 amide bonds. The van der Waals surface area contributed by atoms with Crippen LogP contribution in [0.2, 0.25) is 0 Å². The van der Waals surface area contributed by atoms with Crippen LogP contribution in [0.25, 0.3) is 0 Å². The summed E-state index contributed by atoms with van der Waals surface area (Å²) in [4.78, 5) is 18.3. The number of aliphatic imine (C=N–C) groups is 4. The zero-order valence-electron chi connectivity index (χ0n) is 11.8. The van der Waals surface area contributed by atoms with Crippen LogP contribution in [0.3, 0.4) is 0 Å². The lowest BCUT2D eigenvalue weighted by atomic mass is 10.1. The summed E-state index contributed by atoms with van der Waals surface area (Å²) in [5.41, 5.74) is 2.10. The van der Waals surface area contributed by atoms with Crippen LogP contribution >= 0.6 is 23.5 Å². The molecule has 2 aliphatic carbocycles. The summed E-state index contributed by atoms with van der Waals surface area (Å²) in [5, 5.41) is 1.77. The third kappa shape index (κ3) is 2.94. The third-order valence-electron chi connectivity index (χ3n) is 3.44. The van der Waals surface area contributed by atoms with Gasteiger partial charge in [0, 0.05) is 11.5 Å². The van der Waals surface area contributed by atoms with Crippen molar-refractivity contribution in [2.75, 3.05) is 11.5 Å². The number of rotatable bonds is 3. The van der Waals surface area contributed by atoms with Crippen molar-refractivity contribution in [1.29, 1.82) is 0 Å². The van der Waals surface area contributed by atoms with Gasteiger partial charge < -0.3 is 0 Å². The van der Waals surface area contributed by atoms with Gasteiger partial charge in [0.25, 0.3) is 0 Å². The monoisotopic (exact) mass is 326 g/mol. The average molecular weight is 326 g/mol. The highest BCUT2D eigenvalue weighted by atomic mass is 32.2. The standard InChI is InChI=1S/C16H14N4S2/c1-2-6-12-11(5-1)17-15(18-12)21-9-10-22-16-19-13-7-3-4-8-14(13)20-16/h1-8,11,13H,9-10H2. The van der Waals surface area contributed by atoms with E-state index in [0.29, 0.717) is 0 Å². The van der Waals surface area contributed by atoms with Crippen molar-refractivity contribution >= 4 is 45.3 Å². The topological polar surface area (TPSA) is 49.4 Å². The summed E-state index contributed by atoms with van der Waals surface area (Å²) < 4.78 is 0. The molecule has 4 aliphatic rings. The molecule has 22 heavy (non-hydrogen) atoms. The highest BCUT2D eigenvalue weighted by Crippen LogP contribution is 2.22. The highest BCUT2D eigenvalue weighted by molar-refractivity contribution is 8.17. The first kappa shape index (κ1) is 14.0. The van der Waals surface area contributed by atoms with Crippen LogP contribution in [0.5, 0.6) is 0 Å². The molecule has 0 aromatic carbocycles. The SMILES string of the molecule is C1=CC2=NC(SCCSC3=NC4C=CC=CC4=N3)=NC2C=C1. The zero-order chi connectivity index (χ0) is 14.8. The van der Waals surface area contributed by atoms with Gasteiger partial charge in [-0.1, -0.05) is 60.0 Å². The number of hydrogen-bond acceptors (Lipinski definition) is 6. The summed E-state index contributed by atoms with van der Waals surface area (Å²) in [7, 11) is 0. The quantitative estimate of drug-likeness (QED) is 0.748. The predicted molar refractivity (Wildman–Crippen MR) is 98.8 cm³/mol. The van der Waals surface area contributed by atoms with E-state index >= 15 is 0 Å². The van der Waals surface area contributed by atoms with Crippen molar-refractivity contribution in [1.82, 2.24) is 0 Å². The maximum absolute atomic E-state index is 4.59. The maximum atomic E-state index is 4.59. The molecule has 4 nitrogen and oxygen atoms in total. The van der Waals surface area contributed by atoms with Crippen molar-refractivity contribution < 1.29 is 0 Å². The van der Waals surface area contributed by atoms with Crippen molar-refractivity contribution in [3.05, 3.63) is 48.6 Å². The number of thioether (sulfide) groups is 2. The van der Waals surface area contributed by atoms with E-state index in [1.54, 1.807) is 23.5 Å². The molecule has 0 saturated carbocycles. The molecule has 2 unspecified atom stereocenters. The summed E-state index contributed by atoms with van der Waals surface area (Å²) in [6, 6.07) is 0.264. The Morgan fingerprint density at radius 2 is 1.23 bits per heavy atom. The molecule has 2 aliphatic heterocycles. The first-order valence-corrected chi connectivity index (χ1v) is 9.14. The Bertz CT molecular complexity index is 660. The third-order valence-corrected chi connectivity index (χ3v) is 5.43. The first-order chi connectivity index (χ1) is 10.9. The molecule has 0 aromatic rings. The van der Waals surface area contributed by atoms with E-state index in [1.165, 1.54) is 0 Å². The summed E-state index contributed by atoms with van der Waals surface area (Å²) >= 11 is 3.40. The van der Waals surface area contributed by atoms with Gasteiger partial charge >= 0.3 is 0 Å². The van der Waals surface area contributed by atoms with Gasteiger partial charge in [-0.2, -0.15) is 0 Å². The molecule has 0 radical (unpaired) electrons. The fourth-order valence-electron chi connectivity index (χ4n) is 2.39. The maximum Gasteiger partial charge on any atom is 0.184 e. The molecule has 2 heterocycles. The number of amidine groups is 2. The molecule has 4 rings (SSSR count). The van der Waals surface area contributed by atoms with Gasteiger partial charge in [-0.25, -0.2) is 20.0 Å². The Morgan fingerprint density at radius 1 is 0.727 bits per heavy atom. The van der Waals surface area contributed by atoms with E-state index in [0.717, 1.165) is 33.3 Å². The van der Waals surface area contributed by atoms with Crippen molar-refractivity contribution in [2.45, 2.75) is 12.1 Å². The highest BCUT2D eigenvalue weighted by Gasteiger charge is 2.21. The van der Waals surface area contributed by atoms with Crippen molar-refractivity contribution in [3.63, 3.8) is 0 Å². The lowest BCUT2D eigenvalue weighted by Gasteiger charge is -2.02. The van der Waals surface area contributed by atoms with Crippen LogP contribution < -0.4 is 0 Å². The van der Waals surface area contributed by atoms with Crippen molar-refractivity contribution in [2.24, 2.45) is 20.0 Å². The number of hydrogen-bond donors (Lipinski definition) is 0. The number of fused-ring (bicyclic) bond motifs is 2. The normalized spacial score (nSPS) is 27.3. The minimum Gasteiger partial charge on any atom is -0.247 e. The summed E-state index contributed by atoms with van der Waals surface area (Å²) in [6.45, 7) is 0. The second kappa shape index (κ2) is 6.22. The lowest BCUT2D eigenvalue weighted by molar-refractivity contribution is 1.11. The van der Waals surface area contributed by atoms with E-state index in [9.17, 15) is 0 Å². The van der Waals surface area contributed by atoms with Crippen molar-refractivity contribution in [3.8, 4) is 0 Å². The van der Waals surface area contributed by atoms with Gasteiger partial charge in [0.1, 0.15) is 12.1 Å². The van der Waals surface area contributed by atoms with Gasteiger partial charge in [-0.15, -0.1) is 0 Å². The van der Waals surface area contributed by atoms with Gasteiger partial charge in [-0.05, 0) is 12.2 Å². The Morgan fingerprint density at radius 3 is 1.68 bits per heavy atom. The Hall–Kier alpha value is -1.66. The van der Waals surface area contributed by atoms with Gasteiger partial charge in [0.2, 0.25) is 0 Å². The smallest absolute Gasteiger partial charge is 0.184 e. The zero-order valence-corrected chi connectivity index (χ0v) is 13.4.